The lowest BCUT2D eigenvalue weighted by atomic mass is 10.1. The highest BCUT2D eigenvalue weighted by Crippen LogP contribution is 2.20. The number of aryl methyl sites for hydroxylation is 1. The first-order valence-corrected chi connectivity index (χ1v) is 3.57. The lowest BCUT2D eigenvalue weighted by Crippen LogP contribution is -1.71. The topological polar surface area (TPSA) is 13.1 Å². The minimum atomic E-state index is 0.940. The first-order chi connectivity index (χ1) is 5.27. The molecular formula is C10H9O. The molecule has 2 rings (SSSR count). The molecule has 1 aromatic carbocycles. The van der Waals surface area contributed by atoms with Gasteiger partial charge in [0.1, 0.15) is 5.58 Å². The van der Waals surface area contributed by atoms with Crippen molar-refractivity contribution in [1.82, 2.24) is 0 Å². The van der Waals surface area contributed by atoms with Crippen LogP contribution < -0.4 is 0 Å². The number of hydrogen-bond donors (Lipinski definition) is 0. The van der Waals surface area contributed by atoms with Gasteiger partial charge in [0.2, 0.25) is 0 Å². The highest BCUT2D eigenvalue weighted by molar-refractivity contribution is 5.81. The van der Waals surface area contributed by atoms with Crippen LogP contribution in [-0.4, -0.2) is 0 Å². The van der Waals surface area contributed by atoms with Gasteiger partial charge >= 0.3 is 0 Å². The van der Waals surface area contributed by atoms with Crippen LogP contribution in [-0.2, 0) is 0 Å². The molecule has 0 atom stereocenters. The van der Waals surface area contributed by atoms with Crippen molar-refractivity contribution in [2.45, 2.75) is 6.92 Å². The van der Waals surface area contributed by atoms with Crippen LogP contribution >= 0.6 is 0 Å². The van der Waals surface area contributed by atoms with E-state index >= 15 is 0 Å². The minimum absolute atomic E-state index is 0.940. The highest BCUT2D eigenvalue weighted by Gasteiger charge is 1.99. The van der Waals surface area contributed by atoms with Crippen LogP contribution in [0.15, 0.2) is 28.9 Å². The van der Waals surface area contributed by atoms with E-state index < -0.39 is 0 Å². The number of hydrogen-bond acceptors (Lipinski definition) is 1. The lowest BCUT2D eigenvalue weighted by Gasteiger charge is -1.91. The molecule has 11 heavy (non-hydrogen) atoms. The summed E-state index contributed by atoms with van der Waals surface area (Å²) in [7, 11) is 0. The van der Waals surface area contributed by atoms with E-state index in [1.54, 1.807) is 6.26 Å². The Morgan fingerprint density at radius 3 is 3.00 bits per heavy atom. The standard InChI is InChI=1S/C10H9O/c1-7-3-4-10-9(5-7)8(2)6-11-10/h3-6H,1H2,2H3. The molecule has 0 bridgehead atoms. The molecule has 0 aliphatic rings. The molecule has 1 aromatic heterocycles. The van der Waals surface area contributed by atoms with E-state index in [1.165, 1.54) is 5.56 Å². The normalized spacial score (nSPS) is 10.7. The summed E-state index contributed by atoms with van der Waals surface area (Å²) in [6.45, 7) is 5.88. The summed E-state index contributed by atoms with van der Waals surface area (Å²) in [4.78, 5) is 0. The Kier molecular flexibility index (Phi) is 1.25. The first-order valence-electron chi connectivity index (χ1n) is 3.57. The molecule has 0 saturated heterocycles. The summed E-state index contributed by atoms with van der Waals surface area (Å²) in [5, 5.41) is 1.16. The zero-order valence-electron chi connectivity index (χ0n) is 6.42. The van der Waals surface area contributed by atoms with Crippen LogP contribution in [0.5, 0.6) is 0 Å². The highest BCUT2D eigenvalue weighted by atomic mass is 16.3. The van der Waals surface area contributed by atoms with Crippen molar-refractivity contribution in [3.8, 4) is 0 Å². The quantitative estimate of drug-likeness (QED) is 0.555. The zero-order valence-corrected chi connectivity index (χ0v) is 6.42. The maximum atomic E-state index is 5.28. The van der Waals surface area contributed by atoms with E-state index in [-0.39, 0.29) is 0 Å². The SMILES string of the molecule is [CH2]c1ccc2occ(C)c2c1. The molecule has 55 valence electrons. The molecule has 0 saturated carbocycles. The molecule has 1 heterocycles. The Bertz CT molecular complexity index is 385. The molecule has 0 amide bonds. The molecule has 1 radical (unpaired) electrons. The summed E-state index contributed by atoms with van der Waals surface area (Å²) < 4.78 is 5.28. The van der Waals surface area contributed by atoms with Crippen LogP contribution in [0.4, 0.5) is 0 Å². The van der Waals surface area contributed by atoms with Crippen molar-refractivity contribution in [2.75, 3.05) is 0 Å². The smallest absolute Gasteiger partial charge is 0.134 e. The molecular weight excluding hydrogens is 136 g/mol. The second kappa shape index (κ2) is 2.12. The molecule has 0 N–H and O–H groups in total. The van der Waals surface area contributed by atoms with Crippen molar-refractivity contribution in [2.24, 2.45) is 0 Å². The summed E-state index contributed by atoms with van der Waals surface area (Å²) in [6.07, 6.45) is 1.77. The number of rotatable bonds is 0. The molecule has 0 spiro atoms. The predicted molar refractivity (Wildman–Crippen MR) is 45.4 cm³/mol. The summed E-state index contributed by atoms with van der Waals surface area (Å²) >= 11 is 0. The van der Waals surface area contributed by atoms with Crippen molar-refractivity contribution in [3.63, 3.8) is 0 Å². The number of furan rings is 1. The van der Waals surface area contributed by atoms with Crippen LogP contribution in [0.1, 0.15) is 11.1 Å². The average Bonchev–Trinajstić information content (AvgIpc) is 2.33. The first kappa shape index (κ1) is 6.47. The van der Waals surface area contributed by atoms with E-state index in [9.17, 15) is 0 Å². The number of benzene rings is 1. The van der Waals surface area contributed by atoms with E-state index in [0.29, 0.717) is 0 Å². The second-order valence-electron chi connectivity index (χ2n) is 2.75. The fraction of sp³-hybridized carbons (Fsp3) is 0.100. The average molecular weight is 145 g/mol. The molecule has 0 fully saturated rings. The Morgan fingerprint density at radius 1 is 1.36 bits per heavy atom. The Balaban J connectivity index is 2.87. The van der Waals surface area contributed by atoms with Crippen molar-refractivity contribution >= 4 is 11.0 Å². The van der Waals surface area contributed by atoms with Gasteiger partial charge in [0.05, 0.1) is 6.26 Å². The van der Waals surface area contributed by atoms with Gasteiger partial charge < -0.3 is 4.42 Å². The molecule has 0 aliphatic carbocycles. The van der Waals surface area contributed by atoms with Gasteiger partial charge in [-0.05, 0) is 37.1 Å². The molecule has 1 heteroatoms. The Hall–Kier alpha value is -1.24. The lowest BCUT2D eigenvalue weighted by molar-refractivity contribution is 0.613. The fourth-order valence-electron chi connectivity index (χ4n) is 1.20. The molecule has 0 unspecified atom stereocenters. The van der Waals surface area contributed by atoms with E-state index in [1.807, 2.05) is 25.1 Å². The van der Waals surface area contributed by atoms with Gasteiger partial charge in [0, 0.05) is 5.39 Å². The minimum Gasteiger partial charge on any atom is -0.464 e. The van der Waals surface area contributed by atoms with Crippen LogP contribution in [0, 0.1) is 13.8 Å². The van der Waals surface area contributed by atoms with E-state index in [2.05, 4.69) is 6.92 Å². The Morgan fingerprint density at radius 2 is 2.18 bits per heavy atom. The molecule has 2 aromatic rings. The van der Waals surface area contributed by atoms with E-state index in [0.717, 1.165) is 16.5 Å². The summed E-state index contributed by atoms with van der Waals surface area (Å²) in [5.41, 5.74) is 3.14. The van der Waals surface area contributed by atoms with Gasteiger partial charge in [-0.2, -0.15) is 0 Å². The maximum absolute atomic E-state index is 5.28. The largest absolute Gasteiger partial charge is 0.464 e. The third-order valence-electron chi connectivity index (χ3n) is 1.83. The molecule has 1 nitrogen and oxygen atoms in total. The van der Waals surface area contributed by atoms with Crippen molar-refractivity contribution < 1.29 is 4.42 Å². The third kappa shape index (κ3) is 0.929. The fourth-order valence-corrected chi connectivity index (χ4v) is 1.20. The van der Waals surface area contributed by atoms with Gasteiger partial charge in [-0.25, -0.2) is 0 Å². The molecule has 0 aliphatic heterocycles. The monoisotopic (exact) mass is 145 g/mol. The van der Waals surface area contributed by atoms with Crippen molar-refractivity contribution in [3.05, 3.63) is 42.5 Å². The van der Waals surface area contributed by atoms with Crippen LogP contribution in [0.3, 0.4) is 0 Å². The van der Waals surface area contributed by atoms with E-state index in [4.69, 9.17) is 4.42 Å². The Labute approximate surface area is 65.6 Å². The summed E-state index contributed by atoms with van der Waals surface area (Å²) in [5.74, 6) is 0. The van der Waals surface area contributed by atoms with Gasteiger partial charge in [-0.3, -0.25) is 0 Å². The predicted octanol–water partition coefficient (Wildman–Crippen LogP) is 2.92. The van der Waals surface area contributed by atoms with Crippen LogP contribution in [0.2, 0.25) is 0 Å². The van der Waals surface area contributed by atoms with Gasteiger partial charge in [-0.1, -0.05) is 6.07 Å². The van der Waals surface area contributed by atoms with Crippen LogP contribution in [0.25, 0.3) is 11.0 Å². The van der Waals surface area contributed by atoms with Gasteiger partial charge in [0.15, 0.2) is 0 Å². The third-order valence-corrected chi connectivity index (χ3v) is 1.83. The maximum Gasteiger partial charge on any atom is 0.134 e. The second-order valence-corrected chi connectivity index (χ2v) is 2.75. The number of fused-ring (bicyclic) bond motifs is 1. The summed E-state index contributed by atoms with van der Waals surface area (Å²) in [6, 6.07) is 5.93. The zero-order chi connectivity index (χ0) is 7.84. The van der Waals surface area contributed by atoms with Crippen molar-refractivity contribution in [1.29, 1.82) is 0 Å². The van der Waals surface area contributed by atoms with Gasteiger partial charge in [0.25, 0.3) is 0 Å². The van der Waals surface area contributed by atoms with Gasteiger partial charge in [-0.15, -0.1) is 0 Å².